The molecule has 6 nitrogen and oxygen atoms in total. The van der Waals surface area contributed by atoms with Gasteiger partial charge in [0.15, 0.2) is 12.4 Å². The summed E-state index contributed by atoms with van der Waals surface area (Å²) in [6, 6.07) is 18.5. The van der Waals surface area contributed by atoms with Crippen molar-refractivity contribution in [3.8, 4) is 0 Å². The molecule has 2 heterocycles. The first-order valence-electron chi connectivity index (χ1n) is 10.6. The number of pyridine rings is 1. The van der Waals surface area contributed by atoms with E-state index in [1.165, 1.54) is 0 Å². The van der Waals surface area contributed by atoms with Gasteiger partial charge in [-0.25, -0.2) is 4.99 Å². The Balaban J connectivity index is 1.83. The number of nitrogens with one attached hydrogen (secondary N) is 1. The zero-order chi connectivity index (χ0) is 22.7. The number of nitrogens with zero attached hydrogens (tertiary/aromatic N) is 3. The molecule has 0 saturated carbocycles. The number of benzene rings is 2. The van der Waals surface area contributed by atoms with Gasteiger partial charge >= 0.3 is 12.1 Å². The summed E-state index contributed by atoms with van der Waals surface area (Å²) in [5.74, 6) is -0.377. The molecular weight excluding hydrogens is 424 g/mol. The Hall–Kier alpha value is -3.51. The van der Waals surface area contributed by atoms with E-state index in [-0.39, 0.29) is 11.8 Å². The summed E-state index contributed by atoms with van der Waals surface area (Å²) in [6.07, 6.45) is 2.54. The Labute approximate surface area is 192 Å². The van der Waals surface area contributed by atoms with Crippen LogP contribution >= 0.6 is 11.6 Å². The summed E-state index contributed by atoms with van der Waals surface area (Å²) in [5.41, 5.74) is 3.41. The first-order valence-corrected chi connectivity index (χ1v) is 10.9. The van der Waals surface area contributed by atoms with Crippen LogP contribution in [0.3, 0.4) is 0 Å². The fourth-order valence-electron chi connectivity index (χ4n) is 3.76. The van der Waals surface area contributed by atoms with Crippen LogP contribution < -0.4 is 9.88 Å². The molecule has 32 heavy (non-hydrogen) atoms. The fraction of sp³-hybridized carbons (Fsp3) is 0.200. The van der Waals surface area contributed by atoms with Crippen molar-refractivity contribution in [2.75, 3.05) is 18.4 Å². The van der Waals surface area contributed by atoms with Gasteiger partial charge in [0.1, 0.15) is 5.56 Å². The molecule has 1 aromatic heterocycles. The van der Waals surface area contributed by atoms with Gasteiger partial charge in [-0.05, 0) is 38.1 Å². The number of halogens is 1. The molecule has 0 bridgehead atoms. The lowest BCUT2D eigenvalue weighted by atomic mass is 10.0. The number of aliphatic imine (C=N–C) groups is 1. The van der Waals surface area contributed by atoms with Gasteiger partial charge in [0, 0.05) is 35.3 Å². The van der Waals surface area contributed by atoms with Crippen LogP contribution in [0, 0.1) is 0 Å². The Kier molecular flexibility index (Phi) is 6.32. The molecule has 7 heteroatoms. The van der Waals surface area contributed by atoms with Gasteiger partial charge in [-0.2, -0.15) is 4.57 Å². The number of rotatable bonds is 5. The largest absolute Gasteiger partial charge is 0.339 e. The summed E-state index contributed by atoms with van der Waals surface area (Å²) in [7, 11) is 0. The molecule has 1 unspecified atom stereocenters. The average Bonchev–Trinajstić information content (AvgIpc) is 2.96. The van der Waals surface area contributed by atoms with Crippen LogP contribution in [0.25, 0.3) is 0 Å². The fourth-order valence-corrected chi connectivity index (χ4v) is 3.93. The second-order valence-corrected chi connectivity index (χ2v) is 7.85. The SMILES string of the molecule is CCN(CC)C(=O)c1ccc[n+](C2N=C(c3ccccc3)c3cc(Cl)ccc3NC2=O)c1. The van der Waals surface area contributed by atoms with Gasteiger partial charge in [0.2, 0.25) is 0 Å². The normalized spacial score (nSPS) is 15.3. The van der Waals surface area contributed by atoms with Crippen LogP contribution in [0.1, 0.15) is 41.5 Å². The van der Waals surface area contributed by atoms with Crippen LogP contribution in [0.2, 0.25) is 5.02 Å². The standard InChI is InChI=1S/C25H23ClN4O2/c1-3-29(4-2)25(32)18-11-8-14-30(16-18)23-24(31)27-21-13-12-19(26)15-20(21)22(28-23)17-9-6-5-7-10-17/h5-16,23H,3-4H2,1-2H3/p+1. The monoisotopic (exact) mass is 447 g/mol. The minimum Gasteiger partial charge on any atom is -0.339 e. The lowest BCUT2D eigenvalue weighted by Crippen LogP contribution is -2.45. The van der Waals surface area contributed by atoms with Crippen LogP contribution in [0.5, 0.6) is 0 Å². The Morgan fingerprint density at radius 3 is 2.56 bits per heavy atom. The second-order valence-electron chi connectivity index (χ2n) is 7.41. The third-order valence-electron chi connectivity index (χ3n) is 5.43. The van der Waals surface area contributed by atoms with Crippen molar-refractivity contribution in [1.82, 2.24) is 4.90 Å². The summed E-state index contributed by atoms with van der Waals surface area (Å²) in [6.45, 7) is 5.10. The van der Waals surface area contributed by atoms with Gasteiger partial charge in [0.25, 0.3) is 5.91 Å². The zero-order valence-electron chi connectivity index (χ0n) is 18.0. The number of anilines is 1. The van der Waals surface area contributed by atoms with E-state index in [0.29, 0.717) is 35.1 Å². The molecule has 2 aromatic carbocycles. The van der Waals surface area contributed by atoms with E-state index in [2.05, 4.69) is 5.32 Å². The number of fused-ring (bicyclic) bond motifs is 1. The maximum absolute atomic E-state index is 13.2. The van der Waals surface area contributed by atoms with Crippen molar-refractivity contribution in [3.63, 3.8) is 0 Å². The Morgan fingerprint density at radius 1 is 1.09 bits per heavy atom. The van der Waals surface area contributed by atoms with Crippen molar-refractivity contribution in [3.05, 3.63) is 94.8 Å². The summed E-state index contributed by atoms with van der Waals surface area (Å²) >= 11 is 6.27. The molecule has 2 amide bonds. The number of aromatic nitrogens is 1. The average molecular weight is 448 g/mol. The number of hydrogen-bond acceptors (Lipinski definition) is 3. The summed E-state index contributed by atoms with van der Waals surface area (Å²) in [4.78, 5) is 32.6. The van der Waals surface area contributed by atoms with Gasteiger partial charge < -0.3 is 10.2 Å². The summed E-state index contributed by atoms with van der Waals surface area (Å²) < 4.78 is 1.67. The van der Waals surface area contributed by atoms with Crippen molar-refractivity contribution in [2.24, 2.45) is 4.99 Å². The van der Waals surface area contributed by atoms with Crippen LogP contribution in [-0.2, 0) is 4.79 Å². The van der Waals surface area contributed by atoms with Crippen molar-refractivity contribution >= 4 is 34.8 Å². The van der Waals surface area contributed by atoms with E-state index >= 15 is 0 Å². The number of carbonyl (C=O) groups is 2. The van der Waals surface area contributed by atoms with Crippen molar-refractivity contribution in [1.29, 1.82) is 0 Å². The molecule has 0 radical (unpaired) electrons. The van der Waals surface area contributed by atoms with Gasteiger partial charge in [-0.1, -0.05) is 41.9 Å². The molecule has 1 N–H and O–H groups in total. The van der Waals surface area contributed by atoms with Crippen molar-refractivity contribution < 1.29 is 14.2 Å². The van der Waals surface area contributed by atoms with E-state index in [1.54, 1.807) is 52.2 Å². The second kappa shape index (κ2) is 9.32. The molecule has 1 aliphatic rings. The van der Waals surface area contributed by atoms with Crippen LogP contribution in [0.4, 0.5) is 5.69 Å². The van der Waals surface area contributed by atoms with Crippen LogP contribution in [0.15, 0.2) is 78.0 Å². The molecule has 0 aliphatic carbocycles. The molecule has 4 rings (SSSR count). The minimum absolute atomic E-state index is 0.0827. The van der Waals surface area contributed by atoms with E-state index in [9.17, 15) is 9.59 Å². The summed E-state index contributed by atoms with van der Waals surface area (Å²) in [5, 5.41) is 3.52. The predicted molar refractivity (Wildman–Crippen MR) is 125 cm³/mol. The third kappa shape index (κ3) is 4.27. The maximum atomic E-state index is 13.2. The van der Waals surface area contributed by atoms with E-state index < -0.39 is 6.17 Å². The lowest BCUT2D eigenvalue weighted by Gasteiger charge is -2.18. The molecular formula is C25H24ClN4O2+. The van der Waals surface area contributed by atoms with E-state index in [0.717, 1.165) is 11.1 Å². The lowest BCUT2D eigenvalue weighted by molar-refractivity contribution is -0.707. The highest BCUT2D eigenvalue weighted by atomic mass is 35.5. The topological polar surface area (TPSA) is 65.7 Å². The molecule has 162 valence electrons. The minimum atomic E-state index is -0.888. The quantitative estimate of drug-likeness (QED) is 0.598. The predicted octanol–water partition coefficient (Wildman–Crippen LogP) is 4.10. The smallest absolute Gasteiger partial charge is 0.331 e. The number of amides is 2. The van der Waals surface area contributed by atoms with E-state index in [4.69, 9.17) is 16.6 Å². The first-order chi connectivity index (χ1) is 15.5. The highest BCUT2D eigenvalue weighted by Gasteiger charge is 2.33. The van der Waals surface area contributed by atoms with Gasteiger partial charge in [0.05, 0.1) is 11.4 Å². The third-order valence-corrected chi connectivity index (χ3v) is 5.66. The molecule has 0 spiro atoms. The van der Waals surface area contributed by atoms with E-state index in [1.807, 2.05) is 44.2 Å². The van der Waals surface area contributed by atoms with Gasteiger partial charge in [-0.15, -0.1) is 0 Å². The first kappa shape index (κ1) is 21.7. The number of carbonyl (C=O) groups excluding carboxylic acids is 2. The molecule has 0 fully saturated rings. The molecule has 1 aliphatic heterocycles. The van der Waals surface area contributed by atoms with Crippen LogP contribution in [-0.4, -0.2) is 35.5 Å². The zero-order valence-corrected chi connectivity index (χ0v) is 18.7. The highest BCUT2D eigenvalue weighted by molar-refractivity contribution is 6.32. The number of benzodiazepines with no additional fused rings is 1. The van der Waals surface area contributed by atoms with Crippen molar-refractivity contribution in [2.45, 2.75) is 20.0 Å². The number of hydrogen-bond donors (Lipinski definition) is 1. The highest BCUT2D eigenvalue weighted by Crippen LogP contribution is 2.28. The molecule has 0 saturated heterocycles. The van der Waals surface area contributed by atoms with Gasteiger partial charge in [-0.3, -0.25) is 9.59 Å². The maximum Gasteiger partial charge on any atom is 0.331 e. The molecule has 3 aromatic rings. The molecule has 1 atom stereocenters. The Morgan fingerprint density at radius 2 is 1.84 bits per heavy atom. The Bertz CT molecular complexity index is 1190.